The molecule has 1 aromatic carbocycles. The lowest BCUT2D eigenvalue weighted by molar-refractivity contribution is -0.171. The first kappa shape index (κ1) is 18.0. The molecule has 1 unspecified atom stereocenters. The van der Waals surface area contributed by atoms with E-state index in [1.54, 1.807) is 0 Å². The molecule has 4 heteroatoms. The van der Waals surface area contributed by atoms with Crippen molar-refractivity contribution in [2.75, 3.05) is 14.2 Å². The summed E-state index contributed by atoms with van der Waals surface area (Å²) < 4.78 is 9.83. The second kappa shape index (κ2) is 7.95. The largest absolute Gasteiger partial charge is 0.468 e. The summed E-state index contributed by atoms with van der Waals surface area (Å²) >= 11 is 0. The Morgan fingerprint density at radius 2 is 1.75 bits per heavy atom. The minimum atomic E-state index is -1.22. The van der Waals surface area contributed by atoms with Crippen LogP contribution >= 0.6 is 0 Å². The van der Waals surface area contributed by atoms with Crippen molar-refractivity contribution in [2.24, 2.45) is 11.3 Å². The first-order chi connectivity index (χ1) is 11.6. The Kier molecular flexibility index (Phi) is 5.96. The van der Waals surface area contributed by atoms with Gasteiger partial charge in [0.2, 0.25) is 0 Å². The van der Waals surface area contributed by atoms with E-state index in [-0.39, 0.29) is 5.92 Å². The Labute approximate surface area is 143 Å². The molecule has 0 heterocycles. The van der Waals surface area contributed by atoms with E-state index in [1.165, 1.54) is 19.8 Å². The fourth-order valence-corrected chi connectivity index (χ4v) is 3.36. The van der Waals surface area contributed by atoms with Gasteiger partial charge in [0, 0.05) is 0 Å². The molecule has 0 bridgehead atoms. The van der Waals surface area contributed by atoms with Crippen LogP contribution in [0, 0.1) is 11.3 Å². The van der Waals surface area contributed by atoms with Gasteiger partial charge < -0.3 is 9.47 Å². The van der Waals surface area contributed by atoms with Gasteiger partial charge >= 0.3 is 11.9 Å². The number of ether oxygens (including phenoxy) is 2. The summed E-state index contributed by atoms with van der Waals surface area (Å²) in [6.07, 6.45) is 7.55. The zero-order chi connectivity index (χ0) is 17.6. The highest BCUT2D eigenvalue weighted by molar-refractivity contribution is 6.00. The molecule has 1 aliphatic rings. The highest BCUT2D eigenvalue weighted by Gasteiger charge is 2.51. The molecule has 1 saturated carbocycles. The lowest BCUT2D eigenvalue weighted by Crippen LogP contribution is -2.45. The Morgan fingerprint density at radius 1 is 1.12 bits per heavy atom. The van der Waals surface area contributed by atoms with Crippen molar-refractivity contribution in [3.05, 3.63) is 53.6 Å². The molecule has 1 aliphatic carbocycles. The molecule has 0 saturated heterocycles. The monoisotopic (exact) mass is 328 g/mol. The van der Waals surface area contributed by atoms with E-state index in [0.29, 0.717) is 19.3 Å². The van der Waals surface area contributed by atoms with Crippen LogP contribution in [-0.4, -0.2) is 26.2 Å². The van der Waals surface area contributed by atoms with E-state index in [0.717, 1.165) is 5.56 Å². The molecular formula is C20H24O4. The third-order valence-corrected chi connectivity index (χ3v) is 4.61. The van der Waals surface area contributed by atoms with E-state index in [1.807, 2.05) is 49.4 Å². The van der Waals surface area contributed by atoms with Crippen LogP contribution in [0.4, 0.5) is 0 Å². The molecular weight excluding hydrogens is 304 g/mol. The molecule has 128 valence electrons. The summed E-state index contributed by atoms with van der Waals surface area (Å²) in [5.74, 6) is -1.02. The van der Waals surface area contributed by atoms with Crippen LogP contribution in [0.3, 0.4) is 0 Å². The molecule has 0 N–H and O–H groups in total. The number of hydrogen-bond acceptors (Lipinski definition) is 4. The van der Waals surface area contributed by atoms with Gasteiger partial charge in [0.1, 0.15) is 0 Å². The third-order valence-electron chi connectivity index (χ3n) is 4.61. The van der Waals surface area contributed by atoms with Gasteiger partial charge in [-0.2, -0.15) is 0 Å². The van der Waals surface area contributed by atoms with Gasteiger partial charge in [-0.1, -0.05) is 54.1 Å². The Bertz CT molecular complexity index is 627. The molecule has 4 nitrogen and oxygen atoms in total. The van der Waals surface area contributed by atoms with Crippen molar-refractivity contribution >= 4 is 18.0 Å². The van der Waals surface area contributed by atoms with Crippen molar-refractivity contribution in [2.45, 2.75) is 26.2 Å². The number of methoxy groups -OCH3 is 2. The molecule has 2 rings (SSSR count). The fourth-order valence-electron chi connectivity index (χ4n) is 3.36. The van der Waals surface area contributed by atoms with Gasteiger partial charge in [-0.3, -0.25) is 9.59 Å². The van der Waals surface area contributed by atoms with Crippen LogP contribution in [0.15, 0.2) is 48.1 Å². The van der Waals surface area contributed by atoms with E-state index < -0.39 is 17.4 Å². The normalized spacial score (nSPS) is 21.6. The van der Waals surface area contributed by atoms with E-state index >= 15 is 0 Å². The fraction of sp³-hybridized carbons (Fsp3) is 0.400. The third kappa shape index (κ3) is 3.58. The topological polar surface area (TPSA) is 52.6 Å². The summed E-state index contributed by atoms with van der Waals surface area (Å²) in [7, 11) is 2.63. The minimum absolute atomic E-state index is 0.00200. The quantitative estimate of drug-likeness (QED) is 0.479. The van der Waals surface area contributed by atoms with Crippen molar-refractivity contribution < 1.29 is 19.1 Å². The number of benzene rings is 1. The van der Waals surface area contributed by atoms with Crippen LogP contribution in [0.1, 0.15) is 31.7 Å². The van der Waals surface area contributed by atoms with Crippen LogP contribution in [0.5, 0.6) is 0 Å². The van der Waals surface area contributed by atoms with Crippen LogP contribution in [0.2, 0.25) is 0 Å². The number of esters is 2. The lowest BCUT2D eigenvalue weighted by Gasteiger charge is -2.37. The Hall–Kier alpha value is -2.36. The van der Waals surface area contributed by atoms with Crippen molar-refractivity contribution in [1.29, 1.82) is 0 Å². The standard InChI is InChI=1S/C20H24O4/c1-4-8-17-14-20(18(21)23-2,19(22)24-3)12-11-16(17)13-15-9-6-5-7-10-15/h4-10,13,17H,11-12,14H2,1-3H3/b8-4-,16-13-. The molecule has 1 atom stereocenters. The first-order valence-electron chi connectivity index (χ1n) is 8.12. The van der Waals surface area contributed by atoms with Crippen molar-refractivity contribution in [3.63, 3.8) is 0 Å². The van der Waals surface area contributed by atoms with Crippen molar-refractivity contribution in [3.8, 4) is 0 Å². The predicted molar refractivity (Wildman–Crippen MR) is 93.0 cm³/mol. The Balaban J connectivity index is 2.37. The second-order valence-corrected chi connectivity index (χ2v) is 6.03. The molecule has 1 fully saturated rings. The average Bonchev–Trinajstić information content (AvgIpc) is 2.63. The van der Waals surface area contributed by atoms with Crippen LogP contribution in [-0.2, 0) is 19.1 Å². The summed E-state index contributed by atoms with van der Waals surface area (Å²) in [6, 6.07) is 10.1. The van der Waals surface area contributed by atoms with Gasteiger partial charge in [-0.05, 0) is 37.7 Å². The summed E-state index contributed by atoms with van der Waals surface area (Å²) in [5, 5.41) is 0. The zero-order valence-corrected chi connectivity index (χ0v) is 14.5. The van der Waals surface area contributed by atoms with Gasteiger partial charge in [0.05, 0.1) is 14.2 Å². The number of carbonyl (C=O) groups is 2. The van der Waals surface area contributed by atoms with E-state index in [2.05, 4.69) is 6.08 Å². The van der Waals surface area contributed by atoms with Crippen molar-refractivity contribution in [1.82, 2.24) is 0 Å². The zero-order valence-electron chi connectivity index (χ0n) is 14.5. The van der Waals surface area contributed by atoms with Gasteiger partial charge in [-0.25, -0.2) is 0 Å². The van der Waals surface area contributed by atoms with Crippen LogP contribution < -0.4 is 0 Å². The average molecular weight is 328 g/mol. The molecule has 0 spiro atoms. The molecule has 0 radical (unpaired) electrons. The molecule has 1 aromatic rings. The Morgan fingerprint density at radius 3 is 2.29 bits per heavy atom. The van der Waals surface area contributed by atoms with E-state index in [9.17, 15) is 9.59 Å². The predicted octanol–water partition coefficient (Wildman–Crippen LogP) is 3.78. The minimum Gasteiger partial charge on any atom is -0.468 e. The second-order valence-electron chi connectivity index (χ2n) is 6.03. The first-order valence-corrected chi connectivity index (χ1v) is 8.12. The maximum atomic E-state index is 12.3. The SMILES string of the molecule is C/C=C\C1CC(C(=O)OC)(C(=O)OC)CC/C1=C/c1ccccc1. The lowest BCUT2D eigenvalue weighted by atomic mass is 9.67. The maximum absolute atomic E-state index is 12.3. The van der Waals surface area contributed by atoms with Gasteiger partial charge in [-0.15, -0.1) is 0 Å². The number of hydrogen-bond donors (Lipinski definition) is 0. The van der Waals surface area contributed by atoms with Gasteiger partial charge in [0.15, 0.2) is 5.41 Å². The van der Waals surface area contributed by atoms with Crippen LogP contribution in [0.25, 0.3) is 6.08 Å². The summed E-state index contributed by atoms with van der Waals surface area (Å²) in [4.78, 5) is 24.7. The van der Waals surface area contributed by atoms with E-state index in [4.69, 9.17) is 9.47 Å². The number of allylic oxidation sites excluding steroid dienone is 3. The maximum Gasteiger partial charge on any atom is 0.323 e. The highest BCUT2D eigenvalue weighted by Crippen LogP contribution is 2.45. The summed E-state index contributed by atoms with van der Waals surface area (Å²) in [5.41, 5.74) is 1.11. The molecule has 0 aromatic heterocycles. The molecule has 24 heavy (non-hydrogen) atoms. The molecule has 0 amide bonds. The van der Waals surface area contributed by atoms with Gasteiger partial charge in [0.25, 0.3) is 0 Å². The smallest absolute Gasteiger partial charge is 0.323 e. The molecule has 0 aliphatic heterocycles. The summed E-state index contributed by atoms with van der Waals surface area (Å²) in [6.45, 7) is 1.94. The number of carbonyl (C=O) groups excluding carboxylic acids is 2. The number of rotatable bonds is 4. The highest BCUT2D eigenvalue weighted by atomic mass is 16.5.